The van der Waals surface area contributed by atoms with Crippen molar-refractivity contribution in [2.24, 2.45) is 11.1 Å². The Hall–Kier alpha value is -2.82. The monoisotopic (exact) mass is 380 g/mol. The van der Waals surface area contributed by atoms with Crippen molar-refractivity contribution in [3.63, 3.8) is 0 Å². The van der Waals surface area contributed by atoms with Crippen LogP contribution in [-0.4, -0.2) is 36.3 Å². The van der Waals surface area contributed by atoms with E-state index in [-0.39, 0.29) is 12.0 Å². The number of ether oxygens (including phenoxy) is 1. The fraction of sp³-hybridized carbons (Fsp3) is 0.391. The van der Waals surface area contributed by atoms with Gasteiger partial charge in [0, 0.05) is 19.4 Å². The number of carbonyl (C=O) groups is 1. The molecule has 1 heterocycles. The minimum Gasteiger partial charge on any atom is -0.497 e. The molecule has 2 aromatic rings. The van der Waals surface area contributed by atoms with E-state index in [1.807, 2.05) is 59.5 Å². The lowest BCUT2D eigenvalue weighted by Gasteiger charge is -2.26. The van der Waals surface area contributed by atoms with Crippen LogP contribution in [0.4, 0.5) is 0 Å². The van der Waals surface area contributed by atoms with E-state index in [0.29, 0.717) is 31.8 Å². The fourth-order valence-electron chi connectivity index (χ4n) is 3.26. The molecule has 1 aliphatic heterocycles. The number of hydrogen-bond acceptors (Lipinski definition) is 4. The molecule has 1 unspecified atom stereocenters. The van der Waals surface area contributed by atoms with Gasteiger partial charge in [-0.25, -0.2) is 0 Å². The quantitative estimate of drug-likeness (QED) is 0.687. The van der Waals surface area contributed by atoms with Crippen LogP contribution in [-0.2, 0) is 16.2 Å². The third-order valence-corrected chi connectivity index (χ3v) is 4.73. The van der Waals surface area contributed by atoms with Crippen molar-refractivity contribution in [1.29, 1.82) is 0 Å². The Kier molecular flexibility index (Phi) is 6.69. The van der Waals surface area contributed by atoms with Gasteiger partial charge in [0.15, 0.2) is 6.10 Å². The molecule has 0 spiro atoms. The zero-order valence-corrected chi connectivity index (χ0v) is 16.8. The second kappa shape index (κ2) is 9.40. The largest absolute Gasteiger partial charge is 0.497 e. The van der Waals surface area contributed by atoms with E-state index in [9.17, 15) is 4.79 Å². The number of hydrogen-bond donors (Lipinski definition) is 0. The average Bonchev–Trinajstić information content (AvgIpc) is 3.16. The van der Waals surface area contributed by atoms with Gasteiger partial charge < -0.3 is 14.5 Å². The van der Waals surface area contributed by atoms with Crippen LogP contribution in [0.3, 0.4) is 0 Å². The number of amides is 1. The summed E-state index contributed by atoms with van der Waals surface area (Å²) in [5, 5.41) is 4.26. The van der Waals surface area contributed by atoms with Gasteiger partial charge >= 0.3 is 0 Å². The van der Waals surface area contributed by atoms with Crippen molar-refractivity contribution in [2.45, 2.75) is 39.3 Å². The second-order valence-electron chi connectivity index (χ2n) is 7.56. The second-order valence-corrected chi connectivity index (χ2v) is 7.56. The summed E-state index contributed by atoms with van der Waals surface area (Å²) in [6.45, 7) is 5.25. The first-order valence-corrected chi connectivity index (χ1v) is 9.74. The SMILES string of the molecule is COc1ccc(C2=NOC(CN(Cc3ccccc3)C(=O)CC(C)C)C2)cc1. The molecule has 1 aliphatic rings. The van der Waals surface area contributed by atoms with Gasteiger partial charge in [0.25, 0.3) is 0 Å². The molecule has 28 heavy (non-hydrogen) atoms. The van der Waals surface area contributed by atoms with Gasteiger partial charge in [-0.1, -0.05) is 49.3 Å². The molecule has 0 saturated carbocycles. The first-order chi connectivity index (χ1) is 13.5. The van der Waals surface area contributed by atoms with E-state index < -0.39 is 0 Å². The number of methoxy groups -OCH3 is 1. The molecule has 0 bridgehead atoms. The number of carbonyl (C=O) groups excluding carboxylic acids is 1. The summed E-state index contributed by atoms with van der Waals surface area (Å²) in [6.07, 6.45) is 1.09. The maximum absolute atomic E-state index is 12.8. The lowest BCUT2D eigenvalue weighted by Crippen LogP contribution is -2.37. The highest BCUT2D eigenvalue weighted by atomic mass is 16.6. The Morgan fingerprint density at radius 3 is 2.54 bits per heavy atom. The summed E-state index contributed by atoms with van der Waals surface area (Å²) < 4.78 is 5.20. The predicted octanol–water partition coefficient (Wildman–Crippen LogP) is 4.26. The van der Waals surface area contributed by atoms with Gasteiger partial charge in [-0.05, 0) is 41.3 Å². The van der Waals surface area contributed by atoms with Crippen LogP contribution in [0.1, 0.15) is 37.8 Å². The van der Waals surface area contributed by atoms with Crippen LogP contribution in [0, 0.1) is 5.92 Å². The highest BCUT2D eigenvalue weighted by molar-refractivity contribution is 6.01. The van der Waals surface area contributed by atoms with Crippen molar-refractivity contribution >= 4 is 11.6 Å². The third kappa shape index (κ3) is 5.35. The standard InChI is InChI=1S/C23H28N2O3/c1-17(2)13-23(26)25(15-18-7-5-4-6-8-18)16-21-14-22(24-28-21)19-9-11-20(27-3)12-10-19/h4-12,17,21H,13-16H2,1-3H3. The summed E-state index contributed by atoms with van der Waals surface area (Å²) in [4.78, 5) is 20.3. The van der Waals surface area contributed by atoms with Crippen molar-refractivity contribution < 1.29 is 14.4 Å². The van der Waals surface area contributed by atoms with E-state index >= 15 is 0 Å². The molecular weight excluding hydrogens is 352 g/mol. The minimum absolute atomic E-state index is 0.128. The van der Waals surface area contributed by atoms with Crippen molar-refractivity contribution in [1.82, 2.24) is 4.90 Å². The topological polar surface area (TPSA) is 51.1 Å². The fourth-order valence-corrected chi connectivity index (χ4v) is 3.26. The van der Waals surface area contributed by atoms with Crippen LogP contribution >= 0.6 is 0 Å². The number of nitrogens with zero attached hydrogens (tertiary/aromatic N) is 2. The minimum atomic E-state index is -0.128. The Morgan fingerprint density at radius 2 is 1.89 bits per heavy atom. The maximum Gasteiger partial charge on any atom is 0.223 e. The zero-order valence-electron chi connectivity index (χ0n) is 16.8. The summed E-state index contributed by atoms with van der Waals surface area (Å²) in [5.74, 6) is 1.29. The molecule has 1 amide bonds. The molecule has 0 saturated heterocycles. The normalized spacial score (nSPS) is 15.9. The van der Waals surface area contributed by atoms with E-state index in [0.717, 1.165) is 22.6 Å². The first kappa shape index (κ1) is 19.9. The third-order valence-electron chi connectivity index (χ3n) is 4.73. The molecule has 2 aromatic carbocycles. The highest BCUT2D eigenvalue weighted by Gasteiger charge is 2.27. The molecule has 0 radical (unpaired) electrons. The highest BCUT2D eigenvalue weighted by Crippen LogP contribution is 2.21. The van der Waals surface area contributed by atoms with Gasteiger partial charge in [-0.2, -0.15) is 0 Å². The molecule has 0 fully saturated rings. The van der Waals surface area contributed by atoms with Crippen molar-refractivity contribution in [2.75, 3.05) is 13.7 Å². The molecule has 1 atom stereocenters. The van der Waals surface area contributed by atoms with Crippen LogP contribution in [0.2, 0.25) is 0 Å². The summed E-state index contributed by atoms with van der Waals surface area (Å²) >= 11 is 0. The molecule has 5 nitrogen and oxygen atoms in total. The zero-order chi connectivity index (χ0) is 19.9. The molecular formula is C23H28N2O3. The van der Waals surface area contributed by atoms with Gasteiger partial charge in [0.05, 0.1) is 19.4 Å². The molecule has 148 valence electrons. The Labute approximate surface area is 166 Å². The van der Waals surface area contributed by atoms with E-state index in [2.05, 4.69) is 19.0 Å². The van der Waals surface area contributed by atoms with Crippen LogP contribution in [0.5, 0.6) is 5.75 Å². The maximum atomic E-state index is 12.8. The lowest BCUT2D eigenvalue weighted by atomic mass is 10.0. The van der Waals surface area contributed by atoms with E-state index in [1.54, 1.807) is 7.11 Å². The summed E-state index contributed by atoms with van der Waals surface area (Å²) in [5.41, 5.74) is 3.05. The van der Waals surface area contributed by atoms with Gasteiger partial charge in [0.2, 0.25) is 5.91 Å². The Morgan fingerprint density at radius 1 is 1.18 bits per heavy atom. The number of benzene rings is 2. The van der Waals surface area contributed by atoms with E-state index in [1.165, 1.54) is 0 Å². The number of oxime groups is 1. The van der Waals surface area contributed by atoms with Crippen LogP contribution < -0.4 is 4.74 Å². The van der Waals surface area contributed by atoms with Gasteiger partial charge in [0.1, 0.15) is 5.75 Å². The van der Waals surface area contributed by atoms with Crippen LogP contribution in [0.25, 0.3) is 0 Å². The molecule has 0 N–H and O–H groups in total. The average molecular weight is 380 g/mol. The van der Waals surface area contributed by atoms with Crippen LogP contribution in [0.15, 0.2) is 59.8 Å². The van der Waals surface area contributed by atoms with E-state index in [4.69, 9.17) is 9.57 Å². The van der Waals surface area contributed by atoms with Gasteiger partial charge in [-0.15, -0.1) is 0 Å². The lowest BCUT2D eigenvalue weighted by molar-refractivity contribution is -0.134. The summed E-state index contributed by atoms with van der Waals surface area (Å²) in [6, 6.07) is 17.9. The molecule has 0 aromatic heterocycles. The Balaban J connectivity index is 1.64. The predicted molar refractivity (Wildman–Crippen MR) is 110 cm³/mol. The van der Waals surface area contributed by atoms with Gasteiger partial charge in [-0.3, -0.25) is 4.79 Å². The molecule has 5 heteroatoms. The molecule has 0 aliphatic carbocycles. The smallest absolute Gasteiger partial charge is 0.223 e. The van der Waals surface area contributed by atoms with Crippen molar-refractivity contribution in [3.05, 3.63) is 65.7 Å². The Bertz CT molecular complexity index is 800. The summed E-state index contributed by atoms with van der Waals surface area (Å²) in [7, 11) is 1.65. The number of rotatable bonds is 8. The van der Waals surface area contributed by atoms with Crippen molar-refractivity contribution in [3.8, 4) is 5.75 Å². The first-order valence-electron chi connectivity index (χ1n) is 9.74. The molecule has 3 rings (SSSR count).